The average Bonchev–Trinajstić information content (AvgIpc) is 2.45. The summed E-state index contributed by atoms with van der Waals surface area (Å²) in [6, 6.07) is 0. The molecular formula is C8H16Cl2N4O. The highest BCUT2D eigenvalue weighted by Gasteiger charge is 2.26. The Labute approximate surface area is 101 Å². The van der Waals surface area contributed by atoms with Crippen molar-refractivity contribution in [3.63, 3.8) is 0 Å². The molecule has 0 amide bonds. The zero-order valence-corrected chi connectivity index (χ0v) is 10.4. The third kappa shape index (κ3) is 2.81. The fourth-order valence-electron chi connectivity index (χ4n) is 1.54. The number of hydrogen-bond acceptors (Lipinski definition) is 4. The Morgan fingerprint density at radius 2 is 2.00 bits per heavy atom. The van der Waals surface area contributed by atoms with Gasteiger partial charge in [-0.25, -0.2) is 0 Å². The van der Waals surface area contributed by atoms with E-state index >= 15 is 0 Å². The van der Waals surface area contributed by atoms with Crippen LogP contribution >= 0.6 is 24.8 Å². The van der Waals surface area contributed by atoms with Crippen LogP contribution in [0, 0.1) is 0 Å². The van der Waals surface area contributed by atoms with E-state index in [4.69, 9.17) is 0 Å². The van der Waals surface area contributed by atoms with Gasteiger partial charge in [-0.3, -0.25) is 0 Å². The van der Waals surface area contributed by atoms with E-state index < -0.39 is 5.60 Å². The van der Waals surface area contributed by atoms with Gasteiger partial charge in [0, 0.05) is 13.1 Å². The summed E-state index contributed by atoms with van der Waals surface area (Å²) in [6.45, 7) is 5.94. The predicted molar refractivity (Wildman–Crippen MR) is 61.5 cm³/mol. The third-order valence-corrected chi connectivity index (χ3v) is 2.17. The van der Waals surface area contributed by atoms with Crippen LogP contribution in [0.2, 0.25) is 0 Å². The van der Waals surface area contributed by atoms with Crippen LogP contribution in [0.1, 0.15) is 25.5 Å². The van der Waals surface area contributed by atoms with Gasteiger partial charge in [0.05, 0.1) is 6.54 Å². The molecule has 1 aliphatic heterocycles. The molecule has 7 heteroatoms. The summed E-state index contributed by atoms with van der Waals surface area (Å²) in [5.41, 5.74) is -0.900. The van der Waals surface area contributed by atoms with Crippen molar-refractivity contribution in [1.82, 2.24) is 20.1 Å². The van der Waals surface area contributed by atoms with Gasteiger partial charge in [0.25, 0.3) is 0 Å². The van der Waals surface area contributed by atoms with Crippen LogP contribution in [-0.2, 0) is 18.7 Å². The first kappa shape index (κ1) is 14.6. The van der Waals surface area contributed by atoms with E-state index in [9.17, 15) is 5.11 Å². The number of rotatable bonds is 1. The highest BCUT2D eigenvalue weighted by Crippen LogP contribution is 2.19. The molecule has 0 atom stereocenters. The van der Waals surface area contributed by atoms with Crippen LogP contribution in [0.25, 0.3) is 0 Å². The van der Waals surface area contributed by atoms with Crippen molar-refractivity contribution in [3.8, 4) is 0 Å². The number of halogens is 2. The van der Waals surface area contributed by atoms with Crippen LogP contribution in [0.3, 0.4) is 0 Å². The maximum absolute atomic E-state index is 9.79. The van der Waals surface area contributed by atoms with Crippen LogP contribution in [0.15, 0.2) is 0 Å². The fraction of sp³-hybridized carbons (Fsp3) is 0.750. The van der Waals surface area contributed by atoms with Crippen molar-refractivity contribution in [2.24, 2.45) is 0 Å². The molecule has 15 heavy (non-hydrogen) atoms. The van der Waals surface area contributed by atoms with E-state index in [1.54, 1.807) is 13.8 Å². The van der Waals surface area contributed by atoms with E-state index in [0.29, 0.717) is 5.82 Å². The average molecular weight is 255 g/mol. The van der Waals surface area contributed by atoms with Crippen molar-refractivity contribution >= 4 is 24.8 Å². The Hall–Kier alpha value is -0.360. The largest absolute Gasteiger partial charge is 0.382 e. The van der Waals surface area contributed by atoms with Crippen molar-refractivity contribution in [3.05, 3.63) is 11.6 Å². The molecule has 2 heterocycles. The molecule has 88 valence electrons. The van der Waals surface area contributed by atoms with Gasteiger partial charge in [0.1, 0.15) is 11.4 Å². The second-order valence-electron chi connectivity index (χ2n) is 3.83. The molecule has 0 aliphatic carbocycles. The normalized spacial score (nSPS) is 14.9. The minimum Gasteiger partial charge on any atom is -0.382 e. The third-order valence-electron chi connectivity index (χ3n) is 2.17. The van der Waals surface area contributed by atoms with Crippen molar-refractivity contribution in [1.29, 1.82) is 0 Å². The van der Waals surface area contributed by atoms with E-state index in [0.717, 1.165) is 25.5 Å². The topological polar surface area (TPSA) is 63.0 Å². The van der Waals surface area contributed by atoms with Gasteiger partial charge in [0.2, 0.25) is 0 Å². The lowest BCUT2D eigenvalue weighted by molar-refractivity contribution is 0.0636. The molecule has 2 rings (SSSR count). The molecule has 5 nitrogen and oxygen atoms in total. The van der Waals surface area contributed by atoms with E-state index in [-0.39, 0.29) is 24.8 Å². The number of nitrogens with one attached hydrogen (secondary N) is 1. The molecule has 0 radical (unpaired) electrons. The quantitative estimate of drug-likeness (QED) is 0.765. The molecular weight excluding hydrogens is 239 g/mol. The fourth-order valence-corrected chi connectivity index (χ4v) is 1.54. The van der Waals surface area contributed by atoms with Crippen LogP contribution in [0.4, 0.5) is 0 Å². The molecule has 0 saturated carbocycles. The summed E-state index contributed by atoms with van der Waals surface area (Å²) in [5.74, 6) is 1.56. The standard InChI is InChI=1S/C8H14N4O.2ClH/c1-8(2,13)7-11-10-6-5-9-3-4-12(6)7;;/h9,13H,3-5H2,1-2H3;2*1H. The lowest BCUT2D eigenvalue weighted by atomic mass is 10.1. The molecule has 0 fully saturated rings. The molecule has 0 saturated heterocycles. The maximum atomic E-state index is 9.79. The smallest absolute Gasteiger partial charge is 0.164 e. The maximum Gasteiger partial charge on any atom is 0.164 e. The van der Waals surface area contributed by atoms with Gasteiger partial charge in [-0.1, -0.05) is 0 Å². The van der Waals surface area contributed by atoms with Gasteiger partial charge >= 0.3 is 0 Å². The summed E-state index contributed by atoms with van der Waals surface area (Å²) in [7, 11) is 0. The summed E-state index contributed by atoms with van der Waals surface area (Å²) in [5, 5.41) is 21.0. The zero-order valence-electron chi connectivity index (χ0n) is 8.73. The molecule has 2 N–H and O–H groups in total. The first-order valence-electron chi connectivity index (χ1n) is 4.44. The van der Waals surface area contributed by atoms with Crippen LogP contribution < -0.4 is 5.32 Å². The highest BCUT2D eigenvalue weighted by atomic mass is 35.5. The number of fused-ring (bicyclic) bond motifs is 1. The van der Waals surface area contributed by atoms with E-state index in [1.165, 1.54) is 0 Å². The minimum absolute atomic E-state index is 0. The van der Waals surface area contributed by atoms with E-state index in [1.807, 2.05) is 4.57 Å². The predicted octanol–water partition coefficient (Wildman–Crippen LogP) is 0.452. The summed E-state index contributed by atoms with van der Waals surface area (Å²) >= 11 is 0. The van der Waals surface area contributed by atoms with Crippen LogP contribution in [0.5, 0.6) is 0 Å². The molecule has 0 spiro atoms. The SMILES string of the molecule is CC(C)(O)c1nnc2n1CCNC2.Cl.Cl. The van der Waals surface area contributed by atoms with E-state index in [2.05, 4.69) is 15.5 Å². The van der Waals surface area contributed by atoms with Gasteiger partial charge in [-0.15, -0.1) is 35.0 Å². The number of hydrogen-bond donors (Lipinski definition) is 2. The number of nitrogens with zero attached hydrogens (tertiary/aromatic N) is 3. The second kappa shape index (κ2) is 5.12. The first-order valence-corrected chi connectivity index (χ1v) is 4.44. The first-order chi connectivity index (χ1) is 6.09. The number of aromatic nitrogens is 3. The van der Waals surface area contributed by atoms with Gasteiger partial charge in [0.15, 0.2) is 5.82 Å². The lowest BCUT2D eigenvalue weighted by Crippen LogP contribution is -2.32. The van der Waals surface area contributed by atoms with Crippen molar-refractivity contribution < 1.29 is 5.11 Å². The molecule has 1 aliphatic rings. The molecule has 0 unspecified atom stereocenters. The van der Waals surface area contributed by atoms with Gasteiger partial charge < -0.3 is 15.0 Å². The molecule has 0 aromatic carbocycles. The van der Waals surface area contributed by atoms with Gasteiger partial charge in [-0.2, -0.15) is 0 Å². The Morgan fingerprint density at radius 1 is 1.33 bits per heavy atom. The Morgan fingerprint density at radius 3 is 2.60 bits per heavy atom. The summed E-state index contributed by atoms with van der Waals surface area (Å²) in [6.07, 6.45) is 0. The second-order valence-corrected chi connectivity index (χ2v) is 3.83. The summed E-state index contributed by atoms with van der Waals surface area (Å²) < 4.78 is 1.98. The Balaban J connectivity index is 0.000000980. The number of aliphatic hydroxyl groups is 1. The molecule has 1 aromatic rings. The van der Waals surface area contributed by atoms with Crippen LogP contribution in [-0.4, -0.2) is 26.4 Å². The molecule has 1 aromatic heterocycles. The van der Waals surface area contributed by atoms with Crippen molar-refractivity contribution in [2.75, 3.05) is 6.54 Å². The minimum atomic E-state index is -0.900. The van der Waals surface area contributed by atoms with Gasteiger partial charge in [-0.05, 0) is 13.8 Å². The van der Waals surface area contributed by atoms with Crippen molar-refractivity contribution in [2.45, 2.75) is 32.5 Å². The Kier molecular flexibility index (Phi) is 4.99. The summed E-state index contributed by atoms with van der Waals surface area (Å²) in [4.78, 5) is 0. The lowest BCUT2D eigenvalue weighted by Gasteiger charge is -2.21. The zero-order chi connectivity index (χ0) is 9.47. The monoisotopic (exact) mass is 254 g/mol. The molecule has 0 bridgehead atoms. The highest BCUT2D eigenvalue weighted by molar-refractivity contribution is 5.85. The Bertz CT molecular complexity index is 321.